The quantitative estimate of drug-likeness (QED) is 0.730. The first kappa shape index (κ1) is 21.2. The van der Waals surface area contributed by atoms with Crippen LogP contribution in [0.5, 0.6) is 5.75 Å². The van der Waals surface area contributed by atoms with Gasteiger partial charge in [0.2, 0.25) is 5.91 Å². The summed E-state index contributed by atoms with van der Waals surface area (Å²) in [5.41, 5.74) is 1.25. The van der Waals surface area contributed by atoms with Gasteiger partial charge in [-0.15, -0.1) is 0 Å². The second kappa shape index (κ2) is 8.89. The van der Waals surface area contributed by atoms with E-state index in [0.29, 0.717) is 17.5 Å². The Balaban J connectivity index is 1.58. The Bertz CT molecular complexity index is 995. The van der Waals surface area contributed by atoms with E-state index in [1.54, 1.807) is 12.1 Å². The Labute approximate surface area is 171 Å². The van der Waals surface area contributed by atoms with Gasteiger partial charge in [0.15, 0.2) is 6.61 Å². The number of methoxy groups -OCH3 is 1. The molecule has 1 N–H and O–H groups in total. The van der Waals surface area contributed by atoms with Crippen molar-refractivity contribution >= 4 is 29.2 Å². The lowest BCUT2D eigenvalue weighted by atomic mass is 10.1. The van der Waals surface area contributed by atoms with Gasteiger partial charge < -0.3 is 19.7 Å². The van der Waals surface area contributed by atoms with E-state index in [2.05, 4.69) is 5.32 Å². The number of carbonyl (C=O) groups is 3. The first-order chi connectivity index (χ1) is 14.3. The predicted molar refractivity (Wildman–Crippen MR) is 104 cm³/mol. The molecule has 1 aliphatic heterocycles. The zero-order valence-electron chi connectivity index (χ0n) is 16.4. The summed E-state index contributed by atoms with van der Waals surface area (Å²) in [4.78, 5) is 38.1. The second-order valence-electron chi connectivity index (χ2n) is 6.86. The van der Waals surface area contributed by atoms with Gasteiger partial charge >= 0.3 is 5.97 Å². The Morgan fingerprint density at radius 2 is 1.97 bits per heavy atom. The van der Waals surface area contributed by atoms with Gasteiger partial charge in [-0.25, -0.2) is 8.78 Å². The Hall–Kier alpha value is -3.49. The van der Waals surface area contributed by atoms with Crippen LogP contribution in [0.2, 0.25) is 0 Å². The highest BCUT2D eigenvalue weighted by Gasteiger charge is 2.37. The highest BCUT2D eigenvalue weighted by atomic mass is 19.1. The average Bonchev–Trinajstić information content (AvgIpc) is 3.10. The Morgan fingerprint density at radius 3 is 2.67 bits per heavy atom. The third-order valence-electron chi connectivity index (χ3n) is 4.63. The largest absolute Gasteiger partial charge is 0.495 e. The number of carbonyl (C=O) groups excluding carboxylic acids is 3. The number of nitrogens with zero attached hydrogens (tertiary/aromatic N) is 1. The molecule has 0 saturated carbocycles. The summed E-state index contributed by atoms with van der Waals surface area (Å²) in [6.45, 7) is 1.30. The maximum absolute atomic E-state index is 13.6. The molecule has 0 spiro atoms. The molecule has 7 nitrogen and oxygen atoms in total. The van der Waals surface area contributed by atoms with Crippen LogP contribution < -0.4 is 15.0 Å². The molecule has 1 fully saturated rings. The average molecular weight is 418 g/mol. The molecule has 0 aromatic heterocycles. The zero-order chi connectivity index (χ0) is 21.8. The fourth-order valence-corrected chi connectivity index (χ4v) is 3.14. The molecule has 1 saturated heterocycles. The van der Waals surface area contributed by atoms with Crippen molar-refractivity contribution in [2.45, 2.75) is 13.3 Å². The molecule has 30 heavy (non-hydrogen) atoms. The van der Waals surface area contributed by atoms with Gasteiger partial charge in [-0.1, -0.05) is 6.07 Å². The lowest BCUT2D eigenvalue weighted by Crippen LogP contribution is -2.28. The molecular formula is C21H20F2N2O5. The molecule has 0 aliphatic carbocycles. The van der Waals surface area contributed by atoms with E-state index in [1.807, 2.05) is 13.0 Å². The standard InChI is InChI=1S/C21H20F2N2O5/c1-12-3-6-18(29-2)17(7-12)25-10-13(8-20(25)27)21(28)30-11-19(26)24-16-5-4-14(22)9-15(16)23/h3-7,9,13H,8,10-11H2,1-2H3,(H,24,26)/t13-/m1/s1. The number of rotatable bonds is 6. The van der Waals surface area contributed by atoms with Crippen LogP contribution in [0.4, 0.5) is 20.2 Å². The van der Waals surface area contributed by atoms with E-state index in [0.717, 1.165) is 17.7 Å². The molecule has 3 rings (SSSR count). The Kier molecular flexibility index (Phi) is 6.29. The van der Waals surface area contributed by atoms with Crippen molar-refractivity contribution < 1.29 is 32.6 Å². The van der Waals surface area contributed by atoms with E-state index in [4.69, 9.17) is 9.47 Å². The lowest BCUT2D eigenvalue weighted by molar-refractivity contribution is -0.151. The van der Waals surface area contributed by atoms with Crippen molar-refractivity contribution in [3.05, 3.63) is 53.6 Å². The zero-order valence-corrected chi connectivity index (χ0v) is 16.4. The second-order valence-corrected chi connectivity index (χ2v) is 6.86. The minimum absolute atomic E-state index is 0.0653. The van der Waals surface area contributed by atoms with Crippen molar-refractivity contribution in [1.82, 2.24) is 0 Å². The summed E-state index contributed by atoms with van der Waals surface area (Å²) >= 11 is 0. The van der Waals surface area contributed by atoms with Crippen LogP contribution in [-0.4, -0.2) is 38.0 Å². The fraction of sp³-hybridized carbons (Fsp3) is 0.286. The number of benzene rings is 2. The monoisotopic (exact) mass is 418 g/mol. The molecule has 0 bridgehead atoms. The fourth-order valence-electron chi connectivity index (χ4n) is 3.14. The molecule has 2 amide bonds. The molecule has 158 valence electrons. The van der Waals surface area contributed by atoms with Gasteiger partial charge in [0.1, 0.15) is 17.4 Å². The van der Waals surface area contributed by atoms with E-state index in [1.165, 1.54) is 12.0 Å². The summed E-state index contributed by atoms with van der Waals surface area (Å²) in [5, 5.41) is 2.20. The normalized spacial score (nSPS) is 15.8. The molecule has 1 aliphatic rings. The van der Waals surface area contributed by atoms with Crippen LogP contribution in [-0.2, 0) is 19.1 Å². The number of ether oxygens (including phenoxy) is 2. The summed E-state index contributed by atoms with van der Waals surface area (Å²) in [7, 11) is 1.49. The number of hydrogen-bond donors (Lipinski definition) is 1. The van der Waals surface area contributed by atoms with Crippen molar-refractivity contribution in [3.63, 3.8) is 0 Å². The summed E-state index contributed by atoms with van der Waals surface area (Å²) in [6, 6.07) is 8.05. The topological polar surface area (TPSA) is 84.9 Å². The molecule has 0 radical (unpaired) electrons. The number of nitrogens with one attached hydrogen (secondary N) is 1. The molecule has 2 aromatic carbocycles. The number of anilines is 2. The van der Waals surface area contributed by atoms with Gasteiger partial charge in [0.05, 0.1) is 24.4 Å². The smallest absolute Gasteiger partial charge is 0.311 e. The molecule has 1 heterocycles. The number of halogens is 2. The molecule has 0 unspecified atom stereocenters. The molecule has 2 aromatic rings. The number of esters is 1. The van der Waals surface area contributed by atoms with E-state index in [9.17, 15) is 23.2 Å². The van der Waals surface area contributed by atoms with Crippen LogP contribution in [0.25, 0.3) is 0 Å². The number of aryl methyl sites for hydroxylation is 1. The minimum atomic E-state index is -0.946. The summed E-state index contributed by atoms with van der Waals surface area (Å²) < 4.78 is 36.8. The van der Waals surface area contributed by atoms with E-state index >= 15 is 0 Å². The highest BCUT2D eigenvalue weighted by Crippen LogP contribution is 2.34. The maximum Gasteiger partial charge on any atom is 0.311 e. The van der Waals surface area contributed by atoms with Crippen molar-refractivity contribution in [1.29, 1.82) is 0 Å². The minimum Gasteiger partial charge on any atom is -0.495 e. The summed E-state index contributed by atoms with van der Waals surface area (Å²) in [6.07, 6.45) is -0.0653. The van der Waals surface area contributed by atoms with Crippen molar-refractivity contribution in [2.75, 3.05) is 30.5 Å². The van der Waals surface area contributed by atoms with E-state index < -0.39 is 36.0 Å². The van der Waals surface area contributed by atoms with Crippen LogP contribution in [0.1, 0.15) is 12.0 Å². The van der Waals surface area contributed by atoms with Gasteiger partial charge in [0.25, 0.3) is 5.91 Å². The first-order valence-electron chi connectivity index (χ1n) is 9.15. The van der Waals surface area contributed by atoms with Crippen molar-refractivity contribution in [2.24, 2.45) is 5.92 Å². The summed E-state index contributed by atoms with van der Waals surface area (Å²) in [5.74, 6) is -3.74. The Morgan fingerprint density at radius 1 is 1.20 bits per heavy atom. The predicted octanol–water partition coefficient (Wildman–Crippen LogP) is 2.82. The third kappa shape index (κ3) is 4.73. The van der Waals surface area contributed by atoms with Crippen LogP contribution >= 0.6 is 0 Å². The van der Waals surface area contributed by atoms with E-state index in [-0.39, 0.29) is 24.6 Å². The van der Waals surface area contributed by atoms with Gasteiger partial charge in [-0.2, -0.15) is 0 Å². The third-order valence-corrected chi connectivity index (χ3v) is 4.63. The van der Waals surface area contributed by atoms with Crippen molar-refractivity contribution in [3.8, 4) is 5.75 Å². The maximum atomic E-state index is 13.6. The van der Waals surface area contributed by atoms with Gasteiger partial charge in [0, 0.05) is 19.0 Å². The highest BCUT2D eigenvalue weighted by molar-refractivity contribution is 6.01. The number of amides is 2. The number of hydrogen-bond acceptors (Lipinski definition) is 5. The van der Waals surface area contributed by atoms with Crippen LogP contribution in [0.15, 0.2) is 36.4 Å². The SMILES string of the molecule is COc1ccc(C)cc1N1C[C@H](C(=O)OCC(=O)Nc2ccc(F)cc2F)CC1=O. The molecule has 9 heteroatoms. The lowest BCUT2D eigenvalue weighted by Gasteiger charge is -2.20. The van der Waals surface area contributed by atoms with Gasteiger partial charge in [-0.3, -0.25) is 14.4 Å². The molecule has 1 atom stereocenters. The first-order valence-corrected chi connectivity index (χ1v) is 9.15. The van der Waals surface area contributed by atoms with Crippen LogP contribution in [0.3, 0.4) is 0 Å². The van der Waals surface area contributed by atoms with Crippen LogP contribution in [0, 0.1) is 24.5 Å². The van der Waals surface area contributed by atoms with Gasteiger partial charge in [-0.05, 0) is 36.8 Å². The molecular weight excluding hydrogens is 398 g/mol.